The Hall–Kier alpha value is -2.15. The van der Waals surface area contributed by atoms with Gasteiger partial charge in [-0.25, -0.2) is 14.4 Å². The largest absolute Gasteiger partial charge is 0.393 e. The van der Waals surface area contributed by atoms with Crippen molar-refractivity contribution >= 4 is 16.5 Å². The fourth-order valence-electron chi connectivity index (χ4n) is 7.42. The first-order valence-corrected chi connectivity index (χ1v) is 13.0. The highest BCUT2D eigenvalue weighted by Gasteiger charge is 2.59. The van der Waals surface area contributed by atoms with E-state index in [0.717, 1.165) is 34.9 Å². The third-order valence-corrected chi connectivity index (χ3v) is 9.18. The summed E-state index contributed by atoms with van der Waals surface area (Å²) in [4.78, 5) is 8.54. The number of nitrogens with one attached hydrogen (secondary N) is 1. The number of hydrogen-bond acceptors (Lipinski definition) is 5. The summed E-state index contributed by atoms with van der Waals surface area (Å²) in [5, 5.41) is 26.0. The number of nitrogens with zero attached hydrogens (tertiary/aromatic N) is 2. The maximum Gasteiger partial charge on any atom is 0.120 e. The minimum absolute atomic E-state index is 0.0415. The predicted octanol–water partition coefficient (Wildman–Crippen LogP) is 4.99. The highest BCUT2D eigenvalue weighted by molar-refractivity contribution is 5.84. The molecule has 2 fully saturated rings. The van der Waals surface area contributed by atoms with Crippen LogP contribution in [0.2, 0.25) is 0 Å². The van der Waals surface area contributed by atoms with Crippen LogP contribution in [-0.2, 0) is 0 Å². The van der Waals surface area contributed by atoms with E-state index in [1.54, 1.807) is 6.33 Å². The van der Waals surface area contributed by atoms with Crippen LogP contribution in [0.3, 0.4) is 0 Å². The molecule has 6 atom stereocenters. The van der Waals surface area contributed by atoms with Gasteiger partial charge in [0, 0.05) is 35.8 Å². The standard InChI is InChI=1S/C27H31FN2O2.C2H7N/c1-25-10-8-20-13-26(28)14-21(31)5-4-19(26)9-11-27(20,32)24(25)7-6-22(25)17-2-3-18-15-29-16-30-23(18)12-17;1-3-2/h2-3,6,8,12,15-16,19,21,24,31-32H,4-5,7,9-11,13-14H2,1H3;3H,1-2H3/t19?,21?,24?,25?,26?,27-;/m1./s1. The van der Waals surface area contributed by atoms with Crippen molar-refractivity contribution < 1.29 is 14.6 Å². The lowest BCUT2D eigenvalue weighted by molar-refractivity contribution is -0.0359. The summed E-state index contributed by atoms with van der Waals surface area (Å²) in [5.41, 5.74) is 1.64. The molecule has 0 bridgehead atoms. The molecule has 0 radical (unpaired) electrons. The van der Waals surface area contributed by atoms with Gasteiger partial charge in [-0.15, -0.1) is 0 Å². The lowest BCUT2D eigenvalue weighted by Crippen LogP contribution is -2.49. The van der Waals surface area contributed by atoms with Gasteiger partial charge in [0.15, 0.2) is 0 Å². The summed E-state index contributed by atoms with van der Waals surface area (Å²) < 4.78 is 16.1. The molecule has 3 N–H and O–H groups in total. The highest BCUT2D eigenvalue weighted by Crippen LogP contribution is 2.63. The van der Waals surface area contributed by atoms with Gasteiger partial charge in [-0.3, -0.25) is 0 Å². The maximum absolute atomic E-state index is 16.1. The van der Waals surface area contributed by atoms with Crippen molar-refractivity contribution in [2.75, 3.05) is 14.1 Å². The van der Waals surface area contributed by atoms with E-state index in [2.05, 4.69) is 52.6 Å². The van der Waals surface area contributed by atoms with Gasteiger partial charge in [0.05, 0.1) is 17.2 Å². The number of hydrogen-bond donors (Lipinski definition) is 3. The first-order chi connectivity index (χ1) is 16.7. The Morgan fingerprint density at radius 3 is 2.74 bits per heavy atom. The number of allylic oxidation sites excluding steroid dienone is 3. The second-order valence-corrected chi connectivity index (χ2v) is 11.4. The molecule has 2 aromatic rings. The van der Waals surface area contributed by atoms with Crippen LogP contribution in [0.25, 0.3) is 16.5 Å². The molecular weight excluding hydrogens is 441 g/mol. The average molecular weight is 480 g/mol. The second kappa shape index (κ2) is 9.06. The van der Waals surface area contributed by atoms with E-state index in [1.807, 2.05) is 20.3 Å². The van der Waals surface area contributed by atoms with Crippen LogP contribution >= 0.6 is 0 Å². The van der Waals surface area contributed by atoms with Crippen molar-refractivity contribution in [3.63, 3.8) is 0 Å². The molecule has 4 aliphatic carbocycles. The van der Waals surface area contributed by atoms with Gasteiger partial charge in [-0.2, -0.15) is 0 Å². The zero-order chi connectivity index (χ0) is 24.8. The van der Waals surface area contributed by atoms with E-state index >= 15 is 4.39 Å². The zero-order valence-corrected chi connectivity index (χ0v) is 21.1. The van der Waals surface area contributed by atoms with Gasteiger partial charge in [0.1, 0.15) is 12.0 Å². The molecule has 2 saturated carbocycles. The molecule has 35 heavy (non-hydrogen) atoms. The van der Waals surface area contributed by atoms with Crippen molar-refractivity contribution in [1.29, 1.82) is 0 Å². The van der Waals surface area contributed by atoms with Gasteiger partial charge < -0.3 is 15.5 Å². The summed E-state index contributed by atoms with van der Waals surface area (Å²) in [6.07, 6.45) is 12.0. The number of aromatic nitrogens is 2. The topological polar surface area (TPSA) is 78.3 Å². The minimum Gasteiger partial charge on any atom is -0.393 e. The summed E-state index contributed by atoms with van der Waals surface area (Å²) in [6.45, 7) is 2.26. The van der Waals surface area contributed by atoms with E-state index in [1.165, 1.54) is 5.57 Å². The van der Waals surface area contributed by atoms with Crippen molar-refractivity contribution in [2.24, 2.45) is 17.3 Å². The third-order valence-electron chi connectivity index (χ3n) is 9.18. The van der Waals surface area contributed by atoms with Crippen molar-refractivity contribution in [2.45, 2.75) is 75.7 Å². The zero-order valence-electron chi connectivity index (χ0n) is 21.1. The van der Waals surface area contributed by atoms with E-state index < -0.39 is 17.4 Å². The predicted molar refractivity (Wildman–Crippen MR) is 137 cm³/mol. The van der Waals surface area contributed by atoms with E-state index in [0.29, 0.717) is 25.7 Å². The highest BCUT2D eigenvalue weighted by atomic mass is 19.1. The normalized spacial score (nSPS) is 38.2. The van der Waals surface area contributed by atoms with Crippen LogP contribution in [0.5, 0.6) is 0 Å². The number of aliphatic hydroxyl groups is 2. The second-order valence-electron chi connectivity index (χ2n) is 11.4. The molecule has 0 saturated heterocycles. The molecule has 0 aliphatic heterocycles. The molecule has 1 heterocycles. The van der Waals surface area contributed by atoms with Gasteiger partial charge >= 0.3 is 0 Å². The molecule has 4 aliphatic rings. The Morgan fingerprint density at radius 1 is 1.14 bits per heavy atom. The number of benzene rings is 1. The van der Waals surface area contributed by atoms with Crippen LogP contribution in [0, 0.1) is 17.3 Å². The SMILES string of the molecule is CC12CC=C3CC4(F)CC(O)CCC4CC[C@]3(O)C1CC=C2c1ccc2cncnc2c1.CNC. The quantitative estimate of drug-likeness (QED) is 0.503. The van der Waals surface area contributed by atoms with Gasteiger partial charge in [-0.05, 0) is 81.3 Å². The molecule has 5 nitrogen and oxygen atoms in total. The monoisotopic (exact) mass is 479 g/mol. The Kier molecular flexibility index (Phi) is 6.35. The van der Waals surface area contributed by atoms with Crippen LogP contribution in [0.4, 0.5) is 4.39 Å². The summed E-state index contributed by atoms with van der Waals surface area (Å²) in [7, 11) is 3.75. The lowest BCUT2D eigenvalue weighted by atomic mass is 9.58. The molecule has 6 heteroatoms. The fraction of sp³-hybridized carbons (Fsp3) is 0.586. The first-order valence-electron chi connectivity index (χ1n) is 13.0. The Bertz CT molecular complexity index is 1170. The minimum atomic E-state index is -1.39. The van der Waals surface area contributed by atoms with Crippen molar-refractivity contribution in [3.8, 4) is 0 Å². The van der Waals surface area contributed by atoms with Crippen molar-refractivity contribution in [3.05, 3.63) is 54.0 Å². The smallest absolute Gasteiger partial charge is 0.120 e. The Morgan fingerprint density at radius 2 is 1.94 bits per heavy atom. The van der Waals surface area contributed by atoms with Crippen LogP contribution in [-0.4, -0.2) is 51.7 Å². The third kappa shape index (κ3) is 4.04. The van der Waals surface area contributed by atoms with E-state index in [4.69, 9.17) is 0 Å². The molecule has 1 aromatic carbocycles. The lowest BCUT2D eigenvalue weighted by Gasteiger charge is -2.49. The fourth-order valence-corrected chi connectivity index (χ4v) is 7.42. The van der Waals surface area contributed by atoms with Crippen LogP contribution in [0.1, 0.15) is 63.9 Å². The number of rotatable bonds is 1. The van der Waals surface area contributed by atoms with Crippen molar-refractivity contribution in [1.82, 2.24) is 15.3 Å². The number of aliphatic hydroxyl groups excluding tert-OH is 1. The van der Waals surface area contributed by atoms with Gasteiger partial charge in [0.2, 0.25) is 0 Å². The number of fused-ring (bicyclic) bond motifs is 5. The maximum atomic E-state index is 16.1. The average Bonchev–Trinajstić information content (AvgIpc) is 3.13. The summed E-state index contributed by atoms with van der Waals surface area (Å²) in [6, 6.07) is 6.32. The van der Waals surface area contributed by atoms with Crippen LogP contribution in [0.15, 0.2) is 48.4 Å². The van der Waals surface area contributed by atoms with Gasteiger partial charge in [-0.1, -0.05) is 31.2 Å². The molecule has 5 unspecified atom stereocenters. The molecule has 0 amide bonds. The van der Waals surface area contributed by atoms with Gasteiger partial charge in [0.25, 0.3) is 0 Å². The molecule has 0 spiro atoms. The van der Waals surface area contributed by atoms with E-state index in [9.17, 15) is 10.2 Å². The van der Waals surface area contributed by atoms with Crippen LogP contribution < -0.4 is 5.32 Å². The number of alkyl halides is 1. The Labute approximate surface area is 207 Å². The molecule has 1 aromatic heterocycles. The first kappa shape index (κ1) is 24.5. The molecule has 188 valence electrons. The number of halogens is 1. The summed E-state index contributed by atoms with van der Waals surface area (Å²) in [5.74, 6) is -0.0264. The molecular formula is C29H38FN3O2. The molecule has 6 rings (SSSR count). The summed E-state index contributed by atoms with van der Waals surface area (Å²) >= 11 is 0. The Balaban J connectivity index is 0.000000806. The van der Waals surface area contributed by atoms with E-state index in [-0.39, 0.29) is 30.1 Å².